The van der Waals surface area contributed by atoms with Crippen molar-refractivity contribution in [3.63, 3.8) is 0 Å². The number of carbonyl (C=O) groups is 1. The molecule has 1 aromatic carbocycles. The SMILES string of the molecule is COC(=O)C[C@H](c1cc(F)c(F)c(F)c1)c1c(O)nc2ccccn2c1=O. The second-order valence-electron chi connectivity index (χ2n) is 5.71. The van der Waals surface area contributed by atoms with Crippen molar-refractivity contribution in [2.24, 2.45) is 0 Å². The molecular formula is C18H13F3N2O4. The maximum Gasteiger partial charge on any atom is 0.306 e. The van der Waals surface area contributed by atoms with Crippen LogP contribution in [0.25, 0.3) is 5.65 Å². The van der Waals surface area contributed by atoms with E-state index >= 15 is 0 Å². The predicted octanol–water partition coefficient (Wildman–Crippen LogP) is 2.51. The first-order valence-electron chi connectivity index (χ1n) is 7.75. The van der Waals surface area contributed by atoms with Crippen molar-refractivity contribution in [2.75, 3.05) is 7.11 Å². The minimum Gasteiger partial charge on any atom is -0.493 e. The molecule has 1 atom stereocenters. The van der Waals surface area contributed by atoms with Gasteiger partial charge in [0.15, 0.2) is 17.5 Å². The number of halogens is 3. The lowest BCUT2D eigenvalue weighted by atomic mass is 9.89. The summed E-state index contributed by atoms with van der Waals surface area (Å²) in [5.41, 5.74) is -1.19. The van der Waals surface area contributed by atoms with E-state index in [1.807, 2.05) is 0 Å². The summed E-state index contributed by atoms with van der Waals surface area (Å²) in [4.78, 5) is 28.5. The van der Waals surface area contributed by atoms with Crippen molar-refractivity contribution in [1.29, 1.82) is 0 Å². The van der Waals surface area contributed by atoms with E-state index in [0.29, 0.717) is 12.1 Å². The van der Waals surface area contributed by atoms with Crippen LogP contribution in [0.2, 0.25) is 0 Å². The fraction of sp³-hybridized carbons (Fsp3) is 0.167. The lowest BCUT2D eigenvalue weighted by Gasteiger charge is -2.18. The molecule has 0 aliphatic carbocycles. The Morgan fingerprint density at radius 3 is 2.56 bits per heavy atom. The topological polar surface area (TPSA) is 80.9 Å². The largest absolute Gasteiger partial charge is 0.493 e. The standard InChI is InChI=1S/C18H13F3N2O4/c1-27-14(24)8-10(9-6-11(19)16(21)12(20)7-9)15-17(25)22-13-4-2-3-5-23(13)18(15)26/h2-7,10,25H,8H2,1H3/t10-/m1/s1. The Hall–Kier alpha value is -3.36. The first-order valence-corrected chi connectivity index (χ1v) is 7.75. The van der Waals surface area contributed by atoms with Crippen LogP contribution in [0, 0.1) is 17.5 Å². The first-order chi connectivity index (χ1) is 12.8. The Kier molecular flexibility index (Phi) is 4.85. The zero-order valence-corrected chi connectivity index (χ0v) is 13.9. The Labute approximate surface area is 150 Å². The third kappa shape index (κ3) is 3.35. The van der Waals surface area contributed by atoms with Crippen LogP contribution in [-0.2, 0) is 9.53 Å². The van der Waals surface area contributed by atoms with Gasteiger partial charge in [-0.2, -0.15) is 4.98 Å². The lowest BCUT2D eigenvalue weighted by molar-refractivity contribution is -0.140. The molecule has 0 spiro atoms. The van der Waals surface area contributed by atoms with E-state index in [4.69, 9.17) is 0 Å². The Morgan fingerprint density at radius 1 is 1.26 bits per heavy atom. The number of benzene rings is 1. The van der Waals surface area contributed by atoms with Gasteiger partial charge in [-0.15, -0.1) is 0 Å². The van der Waals surface area contributed by atoms with Crippen LogP contribution in [0.3, 0.4) is 0 Å². The van der Waals surface area contributed by atoms with Gasteiger partial charge in [-0.05, 0) is 29.8 Å². The Bertz CT molecular complexity index is 1070. The molecule has 2 aromatic heterocycles. The molecule has 1 N–H and O–H groups in total. The van der Waals surface area contributed by atoms with Gasteiger partial charge < -0.3 is 9.84 Å². The Morgan fingerprint density at radius 2 is 1.93 bits per heavy atom. The van der Waals surface area contributed by atoms with Crippen LogP contribution in [0.15, 0.2) is 41.3 Å². The van der Waals surface area contributed by atoms with Crippen LogP contribution in [0.5, 0.6) is 5.88 Å². The summed E-state index contributed by atoms with van der Waals surface area (Å²) < 4.78 is 46.4. The summed E-state index contributed by atoms with van der Waals surface area (Å²) in [6.45, 7) is 0. The van der Waals surface area contributed by atoms with Gasteiger partial charge in [0, 0.05) is 12.1 Å². The summed E-state index contributed by atoms with van der Waals surface area (Å²) in [6.07, 6.45) is 0.860. The molecule has 0 aliphatic rings. The number of hydrogen-bond acceptors (Lipinski definition) is 5. The van der Waals surface area contributed by atoms with Crippen molar-refractivity contribution >= 4 is 11.6 Å². The van der Waals surface area contributed by atoms with Gasteiger partial charge in [0.25, 0.3) is 5.56 Å². The van der Waals surface area contributed by atoms with Crippen molar-refractivity contribution in [1.82, 2.24) is 9.38 Å². The number of fused-ring (bicyclic) bond motifs is 1. The van der Waals surface area contributed by atoms with Gasteiger partial charge in [0.05, 0.1) is 19.1 Å². The quantitative estimate of drug-likeness (QED) is 0.557. The van der Waals surface area contributed by atoms with Gasteiger partial charge in [0.1, 0.15) is 5.65 Å². The molecule has 0 amide bonds. The van der Waals surface area contributed by atoms with E-state index in [1.165, 1.54) is 12.3 Å². The van der Waals surface area contributed by atoms with E-state index in [1.54, 1.807) is 12.1 Å². The average molecular weight is 378 g/mol. The normalized spacial score (nSPS) is 12.1. The van der Waals surface area contributed by atoms with Crippen molar-refractivity contribution in [2.45, 2.75) is 12.3 Å². The summed E-state index contributed by atoms with van der Waals surface area (Å²) in [5, 5.41) is 10.3. The van der Waals surface area contributed by atoms with Crippen LogP contribution < -0.4 is 5.56 Å². The van der Waals surface area contributed by atoms with Gasteiger partial charge in [-0.1, -0.05) is 6.07 Å². The molecule has 0 fully saturated rings. The van der Waals surface area contributed by atoms with E-state index in [0.717, 1.165) is 11.5 Å². The van der Waals surface area contributed by atoms with Crippen molar-refractivity contribution < 1.29 is 27.8 Å². The molecule has 3 rings (SSSR count). The number of esters is 1. The van der Waals surface area contributed by atoms with Crippen molar-refractivity contribution in [3.8, 4) is 5.88 Å². The molecule has 0 bridgehead atoms. The number of ether oxygens (including phenoxy) is 1. The minimum absolute atomic E-state index is 0.136. The maximum absolute atomic E-state index is 13.7. The summed E-state index contributed by atoms with van der Waals surface area (Å²) >= 11 is 0. The van der Waals surface area contributed by atoms with Gasteiger partial charge in [-0.3, -0.25) is 14.0 Å². The smallest absolute Gasteiger partial charge is 0.306 e. The number of nitrogens with zero attached hydrogens (tertiary/aromatic N) is 2. The number of methoxy groups -OCH3 is 1. The number of pyridine rings is 1. The highest BCUT2D eigenvalue weighted by molar-refractivity contribution is 5.71. The number of aromatic nitrogens is 2. The second kappa shape index (κ2) is 7.10. The number of rotatable bonds is 4. The third-order valence-electron chi connectivity index (χ3n) is 4.10. The van der Waals surface area contributed by atoms with E-state index in [-0.39, 0.29) is 16.8 Å². The molecule has 6 nitrogen and oxygen atoms in total. The van der Waals surface area contributed by atoms with Gasteiger partial charge in [0.2, 0.25) is 5.88 Å². The molecule has 0 saturated heterocycles. The minimum atomic E-state index is -1.69. The van der Waals surface area contributed by atoms with Crippen LogP contribution in [0.4, 0.5) is 13.2 Å². The average Bonchev–Trinajstić information content (AvgIpc) is 2.64. The van der Waals surface area contributed by atoms with E-state index in [2.05, 4.69) is 9.72 Å². The highest BCUT2D eigenvalue weighted by Crippen LogP contribution is 2.32. The fourth-order valence-corrected chi connectivity index (χ4v) is 2.81. The molecule has 0 aliphatic heterocycles. The predicted molar refractivity (Wildman–Crippen MR) is 87.9 cm³/mol. The van der Waals surface area contributed by atoms with E-state index in [9.17, 15) is 27.9 Å². The Balaban J connectivity index is 2.28. The highest BCUT2D eigenvalue weighted by Gasteiger charge is 2.28. The second-order valence-corrected chi connectivity index (χ2v) is 5.71. The summed E-state index contributed by atoms with van der Waals surface area (Å²) in [7, 11) is 1.09. The number of carbonyl (C=O) groups excluding carboxylic acids is 1. The molecule has 9 heteroatoms. The van der Waals surface area contributed by atoms with Crippen LogP contribution in [0.1, 0.15) is 23.5 Å². The molecule has 3 aromatic rings. The zero-order valence-electron chi connectivity index (χ0n) is 13.9. The van der Waals surface area contributed by atoms with Gasteiger partial charge in [-0.25, -0.2) is 13.2 Å². The summed E-state index contributed by atoms with van der Waals surface area (Å²) in [5.74, 6) is -7.49. The number of hydrogen-bond donors (Lipinski definition) is 1. The van der Waals surface area contributed by atoms with Crippen LogP contribution in [-0.4, -0.2) is 27.6 Å². The fourth-order valence-electron chi connectivity index (χ4n) is 2.81. The molecule has 0 radical (unpaired) electrons. The summed E-state index contributed by atoms with van der Waals surface area (Å²) in [6, 6.07) is 5.92. The van der Waals surface area contributed by atoms with E-state index < -0.39 is 47.2 Å². The molecular weight excluding hydrogens is 365 g/mol. The van der Waals surface area contributed by atoms with Gasteiger partial charge >= 0.3 is 5.97 Å². The lowest BCUT2D eigenvalue weighted by Crippen LogP contribution is -2.24. The first kappa shape index (κ1) is 18.4. The monoisotopic (exact) mass is 378 g/mol. The molecule has 0 unspecified atom stereocenters. The third-order valence-corrected chi connectivity index (χ3v) is 4.10. The maximum atomic E-state index is 13.7. The number of aromatic hydroxyl groups is 1. The van der Waals surface area contributed by atoms with Crippen LogP contribution >= 0.6 is 0 Å². The molecule has 2 heterocycles. The zero-order chi connectivity index (χ0) is 19.7. The molecule has 140 valence electrons. The molecule has 0 saturated carbocycles. The van der Waals surface area contributed by atoms with Crippen molar-refractivity contribution in [3.05, 3.63) is 75.5 Å². The highest BCUT2D eigenvalue weighted by atomic mass is 19.2. The molecule has 27 heavy (non-hydrogen) atoms.